The number of aromatic hydroxyl groups is 1. The van der Waals surface area contributed by atoms with Crippen LogP contribution in [0.1, 0.15) is 11.1 Å². The lowest BCUT2D eigenvalue weighted by Crippen LogP contribution is -2.09. The van der Waals surface area contributed by atoms with Crippen molar-refractivity contribution in [3.63, 3.8) is 0 Å². The van der Waals surface area contributed by atoms with Gasteiger partial charge >= 0.3 is 10.1 Å². The summed E-state index contributed by atoms with van der Waals surface area (Å²) < 4.78 is 31.6. The lowest BCUT2D eigenvalue weighted by Gasteiger charge is -2.07. The molecule has 35 heavy (non-hydrogen) atoms. The molecule has 3 aromatic carbocycles. The van der Waals surface area contributed by atoms with Gasteiger partial charge in [0.05, 0.1) is 0 Å². The first-order valence-electron chi connectivity index (χ1n) is 10.1. The monoisotopic (exact) mass is 532 g/mol. The maximum atomic E-state index is 12.2. The van der Waals surface area contributed by atoms with Gasteiger partial charge in [-0.2, -0.15) is 8.42 Å². The Morgan fingerprint density at radius 2 is 1.31 bits per heavy atom. The first kappa shape index (κ1) is 25.1. The number of rotatable bonds is 7. The molecule has 0 saturated heterocycles. The standard InChI is InChI=1S/C15H12O5S2.C9H8O3S/c16-19-9-11-10-21-15-7-6-12(8-14(11)15)20-22(17,18)13-4-2-1-3-5-13;10-7-1-2-9-8(3-7)6(4-12-11)5-13-9/h1-8,10,16H,9H2;1-3,5,10-11H,4H2. The third kappa shape index (κ3) is 5.97. The molecule has 0 aliphatic heterocycles. The van der Waals surface area contributed by atoms with Crippen molar-refractivity contribution >= 4 is 53.0 Å². The molecule has 0 unspecified atom stereocenters. The van der Waals surface area contributed by atoms with Crippen LogP contribution in [0, 0.1) is 0 Å². The molecule has 0 amide bonds. The minimum atomic E-state index is -3.87. The third-order valence-electron chi connectivity index (χ3n) is 4.94. The van der Waals surface area contributed by atoms with Gasteiger partial charge in [0.2, 0.25) is 0 Å². The first-order valence-corrected chi connectivity index (χ1v) is 13.3. The van der Waals surface area contributed by atoms with Crippen LogP contribution < -0.4 is 4.18 Å². The molecule has 8 nitrogen and oxygen atoms in total. The quantitative estimate of drug-likeness (QED) is 0.128. The molecule has 2 aromatic heterocycles. The van der Waals surface area contributed by atoms with Crippen molar-refractivity contribution in [2.24, 2.45) is 0 Å². The van der Waals surface area contributed by atoms with Crippen LogP contribution >= 0.6 is 22.7 Å². The molecule has 0 atom stereocenters. The van der Waals surface area contributed by atoms with E-state index < -0.39 is 10.1 Å². The van der Waals surface area contributed by atoms with E-state index in [4.69, 9.17) is 14.7 Å². The van der Waals surface area contributed by atoms with Gasteiger partial charge in [0.25, 0.3) is 0 Å². The van der Waals surface area contributed by atoms with E-state index in [-0.39, 0.29) is 29.6 Å². The second-order valence-corrected chi connectivity index (χ2v) is 10.6. The van der Waals surface area contributed by atoms with Gasteiger partial charge in [-0.3, -0.25) is 10.5 Å². The fourth-order valence-corrected chi connectivity index (χ4v) is 6.11. The van der Waals surface area contributed by atoms with Gasteiger partial charge in [0, 0.05) is 20.2 Å². The molecule has 0 fully saturated rings. The molecule has 0 spiro atoms. The molecule has 0 aliphatic rings. The Morgan fingerprint density at radius 3 is 1.91 bits per heavy atom. The van der Waals surface area contributed by atoms with Crippen LogP contribution in [0.5, 0.6) is 11.5 Å². The Balaban J connectivity index is 0.000000189. The van der Waals surface area contributed by atoms with Gasteiger partial charge < -0.3 is 9.29 Å². The number of hydrogen-bond acceptors (Lipinski definition) is 10. The highest BCUT2D eigenvalue weighted by atomic mass is 32.2. The lowest BCUT2D eigenvalue weighted by molar-refractivity contribution is -0.252. The van der Waals surface area contributed by atoms with Gasteiger partial charge in [-0.25, -0.2) is 9.78 Å². The molecular formula is C24H20O8S3. The summed E-state index contributed by atoms with van der Waals surface area (Å²) in [6.45, 7) is 0.193. The van der Waals surface area contributed by atoms with Crippen LogP contribution in [-0.4, -0.2) is 24.0 Å². The van der Waals surface area contributed by atoms with E-state index in [0.29, 0.717) is 0 Å². The summed E-state index contributed by atoms with van der Waals surface area (Å²) in [5.74, 6) is 0.444. The van der Waals surface area contributed by atoms with Crippen LogP contribution in [-0.2, 0) is 33.1 Å². The number of thiophene rings is 2. The SMILES string of the molecule is O=S(=O)(Oc1ccc2scc(COO)c2c1)c1ccccc1.OOCc1csc2ccc(O)cc12. The summed E-state index contributed by atoms with van der Waals surface area (Å²) >= 11 is 3.04. The fraction of sp³-hybridized carbons (Fsp3) is 0.0833. The summed E-state index contributed by atoms with van der Waals surface area (Å²) in [4.78, 5) is 8.31. The zero-order valence-corrected chi connectivity index (χ0v) is 20.5. The average Bonchev–Trinajstić information content (AvgIpc) is 3.44. The van der Waals surface area contributed by atoms with Gasteiger partial charge in [0.15, 0.2) is 0 Å². The number of phenols is 1. The zero-order valence-electron chi connectivity index (χ0n) is 18.0. The number of hydrogen-bond donors (Lipinski definition) is 3. The maximum Gasteiger partial charge on any atom is 0.339 e. The van der Waals surface area contributed by atoms with Gasteiger partial charge in [-0.1, -0.05) is 18.2 Å². The molecule has 0 saturated carbocycles. The van der Waals surface area contributed by atoms with E-state index in [1.807, 2.05) is 16.8 Å². The molecule has 3 N–H and O–H groups in total. The summed E-state index contributed by atoms with van der Waals surface area (Å²) in [6, 6.07) is 18.1. The van der Waals surface area contributed by atoms with Crippen LogP contribution in [0.4, 0.5) is 0 Å². The maximum absolute atomic E-state index is 12.2. The highest BCUT2D eigenvalue weighted by Crippen LogP contribution is 2.31. The van der Waals surface area contributed by atoms with E-state index in [9.17, 15) is 13.5 Å². The first-order chi connectivity index (χ1) is 16.9. The second kappa shape index (κ2) is 11.1. The van der Waals surface area contributed by atoms with Crippen molar-refractivity contribution in [1.82, 2.24) is 0 Å². The molecule has 0 aliphatic carbocycles. The third-order valence-corrected chi connectivity index (χ3v) is 8.23. The summed E-state index contributed by atoms with van der Waals surface area (Å²) in [5, 5.41) is 31.6. The minimum absolute atomic E-state index is 0.0366. The lowest BCUT2D eigenvalue weighted by atomic mass is 10.2. The fourth-order valence-electron chi connectivity index (χ4n) is 3.31. The Kier molecular flexibility index (Phi) is 7.98. The van der Waals surface area contributed by atoms with Crippen molar-refractivity contribution in [3.8, 4) is 11.5 Å². The highest BCUT2D eigenvalue weighted by Gasteiger charge is 2.17. The molecule has 0 radical (unpaired) electrons. The van der Waals surface area contributed by atoms with Crippen LogP contribution in [0.25, 0.3) is 20.2 Å². The smallest absolute Gasteiger partial charge is 0.339 e. The van der Waals surface area contributed by atoms with Crippen molar-refractivity contribution in [2.45, 2.75) is 18.1 Å². The average molecular weight is 533 g/mol. The number of benzene rings is 3. The van der Waals surface area contributed by atoms with Crippen LogP contribution in [0.2, 0.25) is 0 Å². The molecule has 0 bridgehead atoms. The topological polar surface area (TPSA) is 123 Å². The molecule has 5 rings (SSSR count). The Labute approximate surface area is 208 Å². The van der Waals surface area contributed by atoms with Gasteiger partial charge in [-0.05, 0) is 70.4 Å². The van der Waals surface area contributed by atoms with Crippen molar-refractivity contribution < 1.29 is 38.0 Å². The van der Waals surface area contributed by atoms with E-state index in [1.54, 1.807) is 59.9 Å². The normalized spacial score (nSPS) is 11.4. The van der Waals surface area contributed by atoms with E-state index in [0.717, 1.165) is 31.3 Å². The second-order valence-electron chi connectivity index (χ2n) is 7.26. The summed E-state index contributed by atoms with van der Waals surface area (Å²) in [6.07, 6.45) is 0. The number of fused-ring (bicyclic) bond motifs is 2. The van der Waals surface area contributed by atoms with Gasteiger partial charge in [-0.15, -0.1) is 22.7 Å². The molecule has 5 aromatic rings. The summed E-state index contributed by atoms with van der Waals surface area (Å²) in [5.41, 5.74) is 1.66. The summed E-state index contributed by atoms with van der Waals surface area (Å²) in [7, 11) is -3.87. The Bertz CT molecular complexity index is 1520. The predicted octanol–water partition coefficient (Wildman–Crippen LogP) is 6.26. The van der Waals surface area contributed by atoms with Crippen LogP contribution in [0.15, 0.2) is 82.4 Å². The van der Waals surface area contributed by atoms with E-state index >= 15 is 0 Å². The van der Waals surface area contributed by atoms with Crippen molar-refractivity contribution in [3.05, 3.63) is 88.6 Å². The molecule has 11 heteroatoms. The van der Waals surface area contributed by atoms with E-state index in [2.05, 4.69) is 9.78 Å². The Morgan fingerprint density at radius 1 is 0.743 bits per heavy atom. The molecular weight excluding hydrogens is 512 g/mol. The largest absolute Gasteiger partial charge is 0.508 e. The van der Waals surface area contributed by atoms with E-state index in [1.165, 1.54) is 23.5 Å². The predicted molar refractivity (Wildman–Crippen MR) is 134 cm³/mol. The van der Waals surface area contributed by atoms with Gasteiger partial charge in [0.1, 0.15) is 29.6 Å². The van der Waals surface area contributed by atoms with Crippen molar-refractivity contribution in [1.29, 1.82) is 0 Å². The highest BCUT2D eigenvalue weighted by molar-refractivity contribution is 7.87. The van der Waals surface area contributed by atoms with Crippen LogP contribution in [0.3, 0.4) is 0 Å². The zero-order chi connectivity index (χ0) is 24.8. The number of phenolic OH excluding ortho intramolecular Hbond substituents is 1. The Hall–Kier alpha value is -3.03. The molecule has 2 heterocycles. The van der Waals surface area contributed by atoms with Crippen molar-refractivity contribution in [2.75, 3.05) is 0 Å². The molecule has 182 valence electrons. The minimum Gasteiger partial charge on any atom is -0.508 e.